The topological polar surface area (TPSA) is 46.5 Å². The van der Waals surface area contributed by atoms with Gasteiger partial charge in [-0.2, -0.15) is 0 Å². The lowest BCUT2D eigenvalue weighted by Crippen LogP contribution is -2.54. The normalized spacial score (nSPS) is 47.4. The molecule has 3 saturated carbocycles. The highest BCUT2D eigenvalue weighted by Crippen LogP contribution is 2.55. The summed E-state index contributed by atoms with van der Waals surface area (Å²) in [6.07, 6.45) is 2.87. The molecular weight excluding hydrogens is 352 g/mol. The Kier molecular flexibility index (Phi) is 6.55. The van der Waals surface area contributed by atoms with Crippen molar-refractivity contribution >= 4 is 8.25 Å². The second-order valence-corrected chi connectivity index (χ2v) is 9.00. The molecule has 4 atom stereocenters. The van der Waals surface area contributed by atoms with Gasteiger partial charge in [0, 0.05) is 0 Å². The number of alkyl halides is 3. The first-order chi connectivity index (χ1) is 11.9. The van der Waals surface area contributed by atoms with Crippen LogP contribution in [0.3, 0.4) is 0 Å². The minimum Gasteiger partial charge on any atom is -0.326 e. The van der Waals surface area contributed by atoms with Gasteiger partial charge in [0.1, 0.15) is 18.5 Å². The molecule has 0 amide bonds. The van der Waals surface area contributed by atoms with Crippen LogP contribution in [-0.2, 0) is 9.09 Å². The van der Waals surface area contributed by atoms with Crippen LogP contribution in [-0.4, -0.2) is 29.0 Å². The summed E-state index contributed by atoms with van der Waals surface area (Å²) in [6, 6.07) is 0. The van der Waals surface area contributed by atoms with Gasteiger partial charge >= 0.3 is 8.25 Å². The Labute approximate surface area is 148 Å². The van der Waals surface area contributed by atoms with E-state index in [0.29, 0.717) is 70.6 Å². The molecule has 4 unspecified atom stereocenters. The van der Waals surface area contributed by atoms with Gasteiger partial charge in [-0.05, 0) is 88.4 Å². The minimum absolute atomic E-state index is 0.0128. The third kappa shape index (κ3) is 4.44. The van der Waals surface area contributed by atoms with E-state index in [0.717, 1.165) is 0 Å². The maximum absolute atomic E-state index is 14.3. The van der Waals surface area contributed by atoms with Crippen LogP contribution in [0.2, 0.25) is 0 Å². The average Bonchev–Trinajstić information content (AvgIpc) is 2.57. The molecule has 0 aromatic carbocycles. The van der Waals surface area contributed by atoms with E-state index in [2.05, 4.69) is 0 Å². The van der Waals surface area contributed by atoms with Gasteiger partial charge in [-0.1, -0.05) is 0 Å². The second-order valence-electron chi connectivity index (χ2n) is 8.26. The number of halogens is 3. The molecule has 3 aliphatic rings. The van der Waals surface area contributed by atoms with Crippen LogP contribution in [0.15, 0.2) is 0 Å². The Morgan fingerprint density at radius 3 is 1.96 bits per heavy atom. The maximum Gasteiger partial charge on any atom is 0.317 e. The maximum atomic E-state index is 14.3. The minimum atomic E-state index is -3.19. The summed E-state index contributed by atoms with van der Waals surface area (Å²) >= 11 is 0. The molecule has 0 aromatic heterocycles. The summed E-state index contributed by atoms with van der Waals surface area (Å²) in [5, 5.41) is 0. The van der Waals surface area contributed by atoms with Gasteiger partial charge in [0.2, 0.25) is 0 Å². The quantitative estimate of drug-likeness (QED) is 0.670. The highest BCUT2D eigenvalue weighted by molar-refractivity contribution is 7.32. The molecule has 0 aromatic rings. The molecule has 3 aliphatic carbocycles. The van der Waals surface area contributed by atoms with E-state index in [1.165, 1.54) is 0 Å². The SMILES string of the molecule is O=[PH](O)OC1(C2CCC(F)CC2)CCC(F)CC1C1CCC(F)CC1. The van der Waals surface area contributed by atoms with E-state index in [1.807, 2.05) is 0 Å². The van der Waals surface area contributed by atoms with E-state index >= 15 is 0 Å². The highest BCUT2D eigenvalue weighted by Gasteiger charge is 2.54. The van der Waals surface area contributed by atoms with Gasteiger partial charge in [-0.15, -0.1) is 0 Å². The molecule has 3 fully saturated rings. The number of hydrogen-bond donors (Lipinski definition) is 1. The van der Waals surface area contributed by atoms with Gasteiger partial charge in [0.05, 0.1) is 5.60 Å². The highest BCUT2D eigenvalue weighted by atomic mass is 31.1. The fourth-order valence-corrected chi connectivity index (χ4v) is 6.40. The number of rotatable bonds is 4. The summed E-state index contributed by atoms with van der Waals surface area (Å²) in [7, 11) is -3.19. The lowest BCUT2D eigenvalue weighted by molar-refractivity contribution is -0.125. The van der Waals surface area contributed by atoms with Crippen molar-refractivity contribution in [2.45, 2.75) is 94.7 Å². The molecule has 1 N–H and O–H groups in total. The van der Waals surface area contributed by atoms with E-state index in [1.54, 1.807) is 0 Å². The zero-order chi connectivity index (χ0) is 18.0. The smallest absolute Gasteiger partial charge is 0.317 e. The molecule has 3 nitrogen and oxygen atoms in total. The fourth-order valence-electron chi connectivity index (χ4n) is 5.65. The summed E-state index contributed by atoms with van der Waals surface area (Å²) in [4.78, 5) is 9.57. The largest absolute Gasteiger partial charge is 0.326 e. The van der Waals surface area contributed by atoms with Crippen LogP contribution in [0, 0.1) is 17.8 Å². The third-order valence-electron chi connectivity index (χ3n) is 6.88. The molecule has 0 heterocycles. The predicted molar refractivity (Wildman–Crippen MR) is 91.0 cm³/mol. The first kappa shape index (κ1) is 19.7. The Morgan fingerprint density at radius 2 is 1.40 bits per heavy atom. The summed E-state index contributed by atoms with van der Waals surface area (Å²) < 4.78 is 58.8. The summed E-state index contributed by atoms with van der Waals surface area (Å²) in [5.74, 6) is -0.0674. The van der Waals surface area contributed by atoms with Crippen LogP contribution >= 0.6 is 8.25 Å². The Hall–Kier alpha value is -0.0600. The molecule has 146 valence electrons. The third-order valence-corrected chi connectivity index (χ3v) is 7.44. The van der Waals surface area contributed by atoms with Crippen molar-refractivity contribution in [3.63, 3.8) is 0 Å². The van der Waals surface area contributed by atoms with Crippen molar-refractivity contribution < 1.29 is 27.2 Å². The summed E-state index contributed by atoms with van der Waals surface area (Å²) in [6.45, 7) is 0. The first-order valence-corrected chi connectivity index (χ1v) is 11.0. The van der Waals surface area contributed by atoms with E-state index in [-0.39, 0.29) is 17.8 Å². The Bertz CT molecular complexity index is 464. The molecule has 3 rings (SSSR count). The van der Waals surface area contributed by atoms with Crippen LogP contribution in [0.5, 0.6) is 0 Å². The zero-order valence-corrected chi connectivity index (χ0v) is 15.6. The van der Waals surface area contributed by atoms with Crippen LogP contribution in [0.25, 0.3) is 0 Å². The van der Waals surface area contributed by atoms with Gasteiger partial charge in [-0.25, -0.2) is 13.2 Å². The molecule has 0 radical (unpaired) electrons. The predicted octanol–water partition coefficient (Wildman–Crippen LogP) is 5.32. The molecule has 0 bridgehead atoms. The van der Waals surface area contributed by atoms with Gasteiger partial charge in [-0.3, -0.25) is 4.57 Å². The lowest BCUT2D eigenvalue weighted by atomic mass is 9.58. The zero-order valence-electron chi connectivity index (χ0n) is 14.6. The van der Waals surface area contributed by atoms with E-state index in [9.17, 15) is 22.6 Å². The Balaban J connectivity index is 1.86. The number of hydrogen-bond acceptors (Lipinski definition) is 2. The lowest BCUT2D eigenvalue weighted by Gasteiger charge is -2.53. The molecule has 25 heavy (non-hydrogen) atoms. The van der Waals surface area contributed by atoms with Crippen molar-refractivity contribution in [3.05, 3.63) is 0 Å². The molecule has 0 saturated heterocycles. The Morgan fingerprint density at radius 1 is 0.840 bits per heavy atom. The van der Waals surface area contributed by atoms with Gasteiger partial charge in [0.15, 0.2) is 0 Å². The van der Waals surface area contributed by atoms with Crippen molar-refractivity contribution in [2.75, 3.05) is 0 Å². The van der Waals surface area contributed by atoms with E-state index < -0.39 is 32.4 Å². The fraction of sp³-hybridized carbons (Fsp3) is 1.00. The standard InChI is InChI=1S/C18H30F3O3P/c19-14-5-1-12(2-6-14)17-11-16(21)9-10-18(17,24-25(22)23)13-3-7-15(20)8-4-13/h12-17,25H,1-11H2,(H,22,23). The van der Waals surface area contributed by atoms with Crippen LogP contribution in [0.1, 0.15) is 70.6 Å². The van der Waals surface area contributed by atoms with Crippen molar-refractivity contribution in [1.29, 1.82) is 0 Å². The summed E-state index contributed by atoms with van der Waals surface area (Å²) in [5.41, 5.74) is -0.846. The van der Waals surface area contributed by atoms with Crippen molar-refractivity contribution in [2.24, 2.45) is 17.8 Å². The second kappa shape index (κ2) is 8.31. The van der Waals surface area contributed by atoms with Crippen molar-refractivity contribution in [3.8, 4) is 0 Å². The molecule has 0 spiro atoms. The van der Waals surface area contributed by atoms with Gasteiger partial charge in [0.25, 0.3) is 0 Å². The molecule has 0 aliphatic heterocycles. The van der Waals surface area contributed by atoms with Crippen LogP contribution < -0.4 is 0 Å². The van der Waals surface area contributed by atoms with Crippen molar-refractivity contribution in [1.82, 2.24) is 0 Å². The van der Waals surface area contributed by atoms with E-state index in [4.69, 9.17) is 4.52 Å². The van der Waals surface area contributed by atoms with Gasteiger partial charge < -0.3 is 9.42 Å². The molecular formula is C18H30F3O3P. The monoisotopic (exact) mass is 382 g/mol. The average molecular weight is 382 g/mol. The van der Waals surface area contributed by atoms with Crippen LogP contribution in [0.4, 0.5) is 13.2 Å². The molecule has 7 heteroatoms. The first-order valence-electron chi connectivity index (χ1n) is 9.75.